The molecule has 1 saturated heterocycles. The molecule has 1 aliphatic heterocycles. The lowest BCUT2D eigenvalue weighted by Gasteiger charge is -2.17. The van der Waals surface area contributed by atoms with Gasteiger partial charge in [-0.05, 0) is 35.0 Å². The number of carbonyl (C=O) groups is 2. The molecule has 2 heterocycles. The van der Waals surface area contributed by atoms with E-state index in [1.165, 1.54) is 17.0 Å². The fourth-order valence-corrected chi connectivity index (χ4v) is 2.60. The molecule has 1 atom stereocenters. The summed E-state index contributed by atoms with van der Waals surface area (Å²) in [6, 6.07) is 4.23. The van der Waals surface area contributed by atoms with Gasteiger partial charge in [0.1, 0.15) is 0 Å². The summed E-state index contributed by atoms with van der Waals surface area (Å²) in [5, 5.41) is 15.0. The highest BCUT2D eigenvalue weighted by Crippen LogP contribution is 2.30. The van der Waals surface area contributed by atoms with Crippen molar-refractivity contribution in [1.82, 2.24) is 25.5 Å². The zero-order valence-corrected chi connectivity index (χ0v) is 12.7. The van der Waals surface area contributed by atoms with Crippen LogP contribution in [0.5, 0.6) is 0 Å². The number of aromatic nitrogens is 4. The number of hydrogen-bond acceptors (Lipinski definition) is 5. The predicted molar refractivity (Wildman–Crippen MR) is 78.3 cm³/mol. The molecule has 1 fully saturated rings. The van der Waals surface area contributed by atoms with Gasteiger partial charge in [-0.15, -0.1) is 0 Å². The van der Waals surface area contributed by atoms with Crippen molar-refractivity contribution in [1.29, 1.82) is 0 Å². The summed E-state index contributed by atoms with van der Waals surface area (Å²) in [5.74, 6) is -1.30. The average molecular weight is 354 g/mol. The number of benzene rings is 1. The summed E-state index contributed by atoms with van der Waals surface area (Å²) >= 11 is 0. The van der Waals surface area contributed by atoms with Gasteiger partial charge in [-0.25, -0.2) is 5.10 Å². The van der Waals surface area contributed by atoms with Gasteiger partial charge in [-0.1, -0.05) is 11.2 Å². The molecular formula is C14H13F3N6O2. The quantitative estimate of drug-likeness (QED) is 0.865. The van der Waals surface area contributed by atoms with Gasteiger partial charge in [0, 0.05) is 18.7 Å². The van der Waals surface area contributed by atoms with E-state index in [2.05, 4.69) is 25.9 Å². The Labute approximate surface area is 139 Å². The summed E-state index contributed by atoms with van der Waals surface area (Å²) in [6.45, 7) is 0.393. The molecule has 2 aromatic rings. The van der Waals surface area contributed by atoms with Crippen LogP contribution in [-0.2, 0) is 11.0 Å². The zero-order chi connectivity index (χ0) is 18.0. The van der Waals surface area contributed by atoms with Crippen molar-refractivity contribution in [2.45, 2.75) is 12.6 Å². The maximum Gasteiger partial charge on any atom is 0.416 e. The Hall–Kier alpha value is -2.98. The number of aromatic amines is 1. The Balaban J connectivity index is 1.65. The van der Waals surface area contributed by atoms with E-state index in [1.54, 1.807) is 0 Å². The number of rotatable bonds is 3. The van der Waals surface area contributed by atoms with Crippen LogP contribution in [0, 0.1) is 5.92 Å². The van der Waals surface area contributed by atoms with E-state index in [-0.39, 0.29) is 30.5 Å². The highest BCUT2D eigenvalue weighted by Gasteiger charge is 2.34. The molecule has 8 nitrogen and oxygen atoms in total. The number of likely N-dealkylation sites (tertiary alicyclic amines) is 1. The van der Waals surface area contributed by atoms with E-state index in [1.807, 2.05) is 0 Å². The molecule has 1 aromatic carbocycles. The number of H-pyrrole nitrogens is 1. The van der Waals surface area contributed by atoms with Crippen LogP contribution in [-0.4, -0.2) is 50.4 Å². The van der Waals surface area contributed by atoms with Crippen LogP contribution < -0.4 is 5.32 Å². The molecule has 25 heavy (non-hydrogen) atoms. The number of alkyl halides is 3. The molecule has 0 saturated carbocycles. The molecule has 2 amide bonds. The van der Waals surface area contributed by atoms with Gasteiger partial charge in [0.25, 0.3) is 5.91 Å². The van der Waals surface area contributed by atoms with Gasteiger partial charge >= 0.3 is 6.18 Å². The number of nitrogens with one attached hydrogen (secondary N) is 2. The Morgan fingerprint density at radius 3 is 2.80 bits per heavy atom. The SMILES string of the molecule is O=C(Nc1nnn[nH]1)[C@H]1CCN(C(=O)c2cccc(C(F)(F)F)c2)C1. The molecule has 0 spiro atoms. The summed E-state index contributed by atoms with van der Waals surface area (Å²) in [6.07, 6.45) is -4.12. The van der Waals surface area contributed by atoms with Crippen LogP contribution in [0.4, 0.5) is 19.1 Å². The fraction of sp³-hybridized carbons (Fsp3) is 0.357. The van der Waals surface area contributed by atoms with E-state index < -0.39 is 23.6 Å². The number of carbonyl (C=O) groups excluding carboxylic acids is 2. The Bertz CT molecular complexity index is 777. The molecule has 3 rings (SSSR count). The van der Waals surface area contributed by atoms with Crippen molar-refractivity contribution in [2.75, 3.05) is 18.4 Å². The monoisotopic (exact) mass is 354 g/mol. The number of nitrogens with zero attached hydrogens (tertiary/aromatic N) is 4. The van der Waals surface area contributed by atoms with Crippen molar-refractivity contribution < 1.29 is 22.8 Å². The van der Waals surface area contributed by atoms with Gasteiger partial charge in [-0.2, -0.15) is 13.2 Å². The van der Waals surface area contributed by atoms with Crippen molar-refractivity contribution in [3.05, 3.63) is 35.4 Å². The van der Waals surface area contributed by atoms with Crippen LogP contribution in [0.1, 0.15) is 22.3 Å². The summed E-state index contributed by atoms with van der Waals surface area (Å²) in [4.78, 5) is 25.8. The van der Waals surface area contributed by atoms with Crippen LogP contribution in [0.3, 0.4) is 0 Å². The lowest BCUT2D eigenvalue weighted by atomic mass is 10.1. The van der Waals surface area contributed by atoms with Crippen LogP contribution in [0.15, 0.2) is 24.3 Å². The minimum Gasteiger partial charge on any atom is -0.338 e. The van der Waals surface area contributed by atoms with Gasteiger partial charge in [0.2, 0.25) is 11.9 Å². The topological polar surface area (TPSA) is 104 Å². The van der Waals surface area contributed by atoms with Crippen molar-refractivity contribution >= 4 is 17.8 Å². The second kappa shape index (κ2) is 6.49. The molecule has 0 aliphatic carbocycles. The minimum atomic E-state index is -4.52. The Morgan fingerprint density at radius 2 is 2.12 bits per heavy atom. The number of halogens is 3. The molecule has 2 N–H and O–H groups in total. The summed E-state index contributed by atoms with van der Waals surface area (Å²) < 4.78 is 38.3. The summed E-state index contributed by atoms with van der Waals surface area (Å²) in [5.41, 5.74) is -0.944. The zero-order valence-electron chi connectivity index (χ0n) is 12.7. The first kappa shape index (κ1) is 16.9. The Kier molecular flexibility index (Phi) is 4.38. The van der Waals surface area contributed by atoms with Crippen LogP contribution >= 0.6 is 0 Å². The van der Waals surface area contributed by atoms with E-state index in [4.69, 9.17) is 0 Å². The van der Waals surface area contributed by atoms with Gasteiger partial charge in [0.15, 0.2) is 0 Å². The number of anilines is 1. The lowest BCUT2D eigenvalue weighted by Crippen LogP contribution is -2.31. The normalized spacial score (nSPS) is 17.6. The second-order valence-electron chi connectivity index (χ2n) is 5.55. The Morgan fingerprint density at radius 1 is 1.32 bits per heavy atom. The third kappa shape index (κ3) is 3.75. The molecule has 0 unspecified atom stereocenters. The standard InChI is InChI=1S/C14H13F3N6O2/c15-14(16,17)10-3-1-2-8(6-10)12(25)23-5-4-9(7-23)11(24)18-13-19-21-22-20-13/h1-3,6,9H,4-5,7H2,(H2,18,19,20,21,22,24)/t9-/m0/s1. The number of hydrogen-bond donors (Lipinski definition) is 2. The third-order valence-electron chi connectivity index (χ3n) is 3.87. The van der Waals surface area contributed by atoms with Gasteiger partial charge < -0.3 is 4.90 Å². The van der Waals surface area contributed by atoms with Crippen molar-refractivity contribution in [3.63, 3.8) is 0 Å². The number of amides is 2. The third-order valence-corrected chi connectivity index (χ3v) is 3.87. The maximum absolute atomic E-state index is 12.8. The molecule has 11 heteroatoms. The van der Waals surface area contributed by atoms with E-state index in [9.17, 15) is 22.8 Å². The molecule has 0 bridgehead atoms. The molecule has 0 radical (unpaired) electrons. The first-order chi connectivity index (χ1) is 11.8. The van der Waals surface area contributed by atoms with Gasteiger partial charge in [0.05, 0.1) is 11.5 Å². The lowest BCUT2D eigenvalue weighted by molar-refractivity contribution is -0.137. The van der Waals surface area contributed by atoms with Crippen molar-refractivity contribution in [2.24, 2.45) is 5.92 Å². The highest BCUT2D eigenvalue weighted by molar-refractivity contribution is 5.96. The molecule has 132 valence electrons. The minimum absolute atomic E-state index is 0.0599. The van der Waals surface area contributed by atoms with E-state index in [0.717, 1.165) is 12.1 Å². The van der Waals surface area contributed by atoms with Gasteiger partial charge in [-0.3, -0.25) is 14.9 Å². The fourth-order valence-electron chi connectivity index (χ4n) is 2.60. The van der Waals surface area contributed by atoms with Crippen LogP contribution in [0.2, 0.25) is 0 Å². The molecule has 1 aliphatic rings. The second-order valence-corrected chi connectivity index (χ2v) is 5.55. The van der Waals surface area contributed by atoms with E-state index in [0.29, 0.717) is 6.42 Å². The molecular weight excluding hydrogens is 341 g/mol. The smallest absolute Gasteiger partial charge is 0.338 e. The first-order valence-electron chi connectivity index (χ1n) is 7.36. The predicted octanol–water partition coefficient (Wildman–Crippen LogP) is 1.32. The average Bonchev–Trinajstić information content (AvgIpc) is 3.25. The number of tetrazole rings is 1. The van der Waals surface area contributed by atoms with Crippen molar-refractivity contribution in [3.8, 4) is 0 Å². The largest absolute Gasteiger partial charge is 0.416 e. The van der Waals surface area contributed by atoms with E-state index >= 15 is 0 Å². The molecule has 1 aromatic heterocycles. The maximum atomic E-state index is 12.8. The highest BCUT2D eigenvalue weighted by atomic mass is 19.4. The summed E-state index contributed by atoms with van der Waals surface area (Å²) in [7, 11) is 0. The van der Waals surface area contributed by atoms with Crippen LogP contribution in [0.25, 0.3) is 0 Å². The first-order valence-corrected chi connectivity index (χ1v) is 7.36.